The Kier molecular flexibility index (Phi) is 12.2. The number of carbonyl (C=O) groups is 2. The Balaban J connectivity index is 1.07. The first kappa shape index (κ1) is 37.1. The number of halogens is 1. The van der Waals surface area contributed by atoms with E-state index in [1.54, 1.807) is 13.2 Å². The Morgan fingerprint density at radius 3 is 2.71 bits per heavy atom. The van der Waals surface area contributed by atoms with Crippen LogP contribution < -0.4 is 15.4 Å². The molecule has 1 spiro atoms. The quantitative estimate of drug-likeness (QED) is 0.105. The van der Waals surface area contributed by atoms with Crippen molar-refractivity contribution >= 4 is 40.0 Å². The molecule has 0 bridgehead atoms. The minimum Gasteiger partial charge on any atom is -0.490 e. The Bertz CT molecular complexity index is 1750. The third-order valence-corrected chi connectivity index (χ3v) is 12.4. The highest BCUT2D eigenvalue weighted by molar-refractivity contribution is 7.85. The first-order chi connectivity index (χ1) is 24.7. The van der Waals surface area contributed by atoms with Gasteiger partial charge < -0.3 is 24.8 Å². The Hall–Kier alpha value is -3.66. The van der Waals surface area contributed by atoms with E-state index < -0.39 is 22.7 Å². The number of aryl methyl sites for hydroxylation is 1. The third kappa shape index (κ3) is 8.87. The fraction of sp³-hybridized carbons (Fsp3) is 0.463. The Morgan fingerprint density at radius 2 is 1.96 bits per heavy atom. The van der Waals surface area contributed by atoms with Gasteiger partial charge in [-0.15, -0.1) is 0 Å². The van der Waals surface area contributed by atoms with Gasteiger partial charge in [0.2, 0.25) is 5.91 Å². The highest BCUT2D eigenvalue weighted by atomic mass is 35.5. The van der Waals surface area contributed by atoms with Crippen LogP contribution in [0.1, 0.15) is 78.6 Å². The van der Waals surface area contributed by atoms with E-state index in [0.717, 1.165) is 73.6 Å². The molecule has 1 saturated carbocycles. The summed E-state index contributed by atoms with van der Waals surface area (Å²) in [6.07, 6.45) is 10.5. The first-order valence-corrected chi connectivity index (χ1v) is 19.9. The van der Waals surface area contributed by atoms with E-state index >= 15 is 0 Å². The molecular formula is C41H49ClN2O6S. The molecule has 1 amide bonds. The van der Waals surface area contributed by atoms with E-state index in [1.165, 1.54) is 11.1 Å². The molecule has 3 aromatic rings. The molecule has 272 valence electrons. The number of primary amides is 1. The Morgan fingerprint density at radius 1 is 1.14 bits per heavy atom. The van der Waals surface area contributed by atoms with Gasteiger partial charge >= 0.3 is 5.97 Å². The van der Waals surface area contributed by atoms with E-state index in [9.17, 15) is 13.8 Å². The second-order valence-corrected chi connectivity index (χ2v) is 16.3. The molecule has 0 radical (unpaired) electrons. The molecule has 51 heavy (non-hydrogen) atoms. The van der Waals surface area contributed by atoms with Gasteiger partial charge in [-0.3, -0.25) is 13.8 Å². The van der Waals surface area contributed by atoms with Crippen LogP contribution in [0.5, 0.6) is 5.75 Å². The summed E-state index contributed by atoms with van der Waals surface area (Å²) in [6, 6.07) is 21.3. The number of methoxy groups -OCH3 is 1. The molecule has 3 aromatic carbocycles. The number of nitrogens with two attached hydrogens (primary N) is 1. The van der Waals surface area contributed by atoms with Crippen molar-refractivity contribution in [2.45, 2.75) is 69.5 Å². The summed E-state index contributed by atoms with van der Waals surface area (Å²) in [7, 11) is 0.475. The molecule has 0 saturated heterocycles. The highest BCUT2D eigenvalue weighted by Gasteiger charge is 2.44. The summed E-state index contributed by atoms with van der Waals surface area (Å²) in [5, 5.41) is 0.754. The lowest BCUT2D eigenvalue weighted by molar-refractivity contribution is -0.145. The average Bonchev–Trinajstić information content (AvgIpc) is 3.26. The smallest absolute Gasteiger partial charge is 0.319 e. The summed E-state index contributed by atoms with van der Waals surface area (Å²) >= 11 is 6.42. The lowest BCUT2D eigenvalue weighted by Gasteiger charge is -2.46. The summed E-state index contributed by atoms with van der Waals surface area (Å²) in [4.78, 5) is 27.0. The normalized spacial score (nSPS) is 22.9. The molecule has 2 aliphatic carbocycles. The van der Waals surface area contributed by atoms with Crippen LogP contribution in [-0.4, -0.2) is 60.5 Å². The molecule has 3 aliphatic rings. The van der Waals surface area contributed by atoms with Crippen LogP contribution in [-0.2, 0) is 36.9 Å². The van der Waals surface area contributed by atoms with Gasteiger partial charge in [0, 0.05) is 52.8 Å². The molecule has 10 heteroatoms. The zero-order chi connectivity index (χ0) is 36.0. The number of ether oxygens (including phenoxy) is 3. The predicted molar refractivity (Wildman–Crippen MR) is 203 cm³/mol. The highest BCUT2D eigenvalue weighted by Crippen LogP contribution is 2.47. The largest absolute Gasteiger partial charge is 0.490 e. The van der Waals surface area contributed by atoms with Crippen molar-refractivity contribution in [3.05, 3.63) is 106 Å². The number of hydrogen-bond acceptors (Lipinski definition) is 7. The average molecular weight is 733 g/mol. The van der Waals surface area contributed by atoms with Crippen molar-refractivity contribution in [2.75, 3.05) is 43.2 Å². The standard InChI is InChI=1S/C41H49ClN2O6S/c1-28(29-10-5-3-6-11-29)50-39(45)25-51(47)21-8-4-7-13-37(48-2)34-17-14-32(34)24-44-26-41(20-9-12-30-22-33(42)16-18-35(30)41)27-49-38-19-15-31(40(43)46)23-36(38)44/h3,5-7,10-11,13,15-16,18-19,22-23,28,32,34,37H,4,8-9,12,14,17,20-21,24-27H2,1-2H3,(H2,43,46)/b13-7+/t28-,32-,34+,37-,41-,51+/m0/s1. The van der Waals surface area contributed by atoms with Gasteiger partial charge in [0.1, 0.15) is 17.6 Å². The summed E-state index contributed by atoms with van der Waals surface area (Å²) < 4.78 is 30.7. The molecule has 6 atom stereocenters. The van der Waals surface area contributed by atoms with E-state index in [4.69, 9.17) is 31.5 Å². The molecule has 1 aliphatic heterocycles. The van der Waals surface area contributed by atoms with Crippen molar-refractivity contribution in [3.63, 3.8) is 0 Å². The maximum absolute atomic E-state index is 12.6. The lowest BCUT2D eigenvalue weighted by Crippen LogP contribution is -2.49. The molecule has 2 N–H and O–H groups in total. The molecule has 1 heterocycles. The molecule has 1 fully saturated rings. The van der Waals surface area contributed by atoms with Crippen molar-refractivity contribution in [2.24, 2.45) is 17.6 Å². The zero-order valence-electron chi connectivity index (χ0n) is 29.6. The SMILES string of the molecule is CO[C@@H](/C=C/CCC[S@@](=O)CC(=O)O[C@@H](C)c1ccccc1)[C@@H]1CC[C@H]1CN1C[C@@]2(CCCc3cc(Cl)ccc32)COc2ccc(C(N)=O)cc21. The van der Waals surface area contributed by atoms with E-state index in [2.05, 4.69) is 29.2 Å². The van der Waals surface area contributed by atoms with Crippen molar-refractivity contribution in [3.8, 4) is 5.75 Å². The Labute approximate surface area is 309 Å². The summed E-state index contributed by atoms with van der Waals surface area (Å²) in [6.45, 7) is 3.95. The fourth-order valence-corrected chi connectivity index (χ4v) is 9.18. The van der Waals surface area contributed by atoms with Crippen LogP contribution in [0.15, 0.2) is 78.9 Å². The molecule has 0 unspecified atom stereocenters. The number of anilines is 1. The van der Waals surface area contributed by atoms with Crippen molar-refractivity contribution in [1.29, 1.82) is 0 Å². The maximum atomic E-state index is 12.6. The van der Waals surface area contributed by atoms with E-state index in [0.29, 0.717) is 36.2 Å². The van der Waals surface area contributed by atoms with Gasteiger partial charge in [-0.1, -0.05) is 60.2 Å². The van der Waals surface area contributed by atoms with Crippen LogP contribution in [0.25, 0.3) is 0 Å². The van der Waals surface area contributed by atoms with Gasteiger partial charge in [-0.2, -0.15) is 0 Å². The van der Waals surface area contributed by atoms with E-state index in [-0.39, 0.29) is 23.4 Å². The topological polar surface area (TPSA) is 108 Å². The molecule has 6 rings (SSSR count). The number of allylic oxidation sites excluding steroid dienone is 1. The number of unbranched alkanes of at least 4 members (excludes halogenated alkanes) is 1. The number of amides is 1. The van der Waals surface area contributed by atoms with Crippen LogP contribution in [0.3, 0.4) is 0 Å². The number of carbonyl (C=O) groups excluding carboxylic acids is 2. The fourth-order valence-electron chi connectivity index (χ4n) is 8.02. The van der Waals surface area contributed by atoms with Crippen molar-refractivity contribution < 1.29 is 28.0 Å². The molecule has 8 nitrogen and oxygen atoms in total. The number of benzene rings is 3. The van der Waals surface area contributed by atoms with E-state index in [1.807, 2.05) is 55.5 Å². The van der Waals surface area contributed by atoms with Gasteiger partial charge in [0.25, 0.3) is 0 Å². The van der Waals surface area contributed by atoms with Gasteiger partial charge in [-0.25, -0.2) is 0 Å². The minimum atomic E-state index is -1.28. The monoisotopic (exact) mass is 732 g/mol. The second kappa shape index (κ2) is 16.8. The number of fused-ring (bicyclic) bond motifs is 3. The van der Waals surface area contributed by atoms with Crippen LogP contribution in [0.4, 0.5) is 5.69 Å². The zero-order valence-corrected chi connectivity index (χ0v) is 31.1. The van der Waals surface area contributed by atoms with Crippen LogP contribution in [0.2, 0.25) is 5.02 Å². The molecule has 0 aromatic heterocycles. The second-order valence-electron chi connectivity index (χ2n) is 14.3. The van der Waals surface area contributed by atoms with Gasteiger partial charge in [0.05, 0.1) is 18.4 Å². The maximum Gasteiger partial charge on any atom is 0.319 e. The minimum absolute atomic E-state index is 0.0464. The molecular weight excluding hydrogens is 684 g/mol. The first-order valence-electron chi connectivity index (χ1n) is 18.0. The van der Waals surface area contributed by atoms with Gasteiger partial charge in [0.15, 0.2) is 0 Å². The van der Waals surface area contributed by atoms with Crippen LogP contribution >= 0.6 is 11.6 Å². The predicted octanol–water partition coefficient (Wildman–Crippen LogP) is 7.34. The number of nitrogens with zero attached hydrogens (tertiary/aromatic N) is 1. The number of rotatable bonds is 14. The van der Waals surface area contributed by atoms with Gasteiger partial charge in [-0.05, 0) is 111 Å². The lowest BCUT2D eigenvalue weighted by atomic mass is 9.68. The van der Waals surface area contributed by atoms with Crippen molar-refractivity contribution in [1.82, 2.24) is 0 Å². The van der Waals surface area contributed by atoms with Crippen LogP contribution in [0, 0.1) is 11.8 Å². The number of esters is 1. The third-order valence-electron chi connectivity index (χ3n) is 10.9. The summed E-state index contributed by atoms with van der Waals surface area (Å²) in [5.74, 6) is 0.923. The number of hydrogen-bond donors (Lipinski definition) is 1. The summed E-state index contributed by atoms with van der Waals surface area (Å²) in [5.41, 5.74) is 10.4.